The maximum absolute atomic E-state index is 11.5. The maximum atomic E-state index is 11.5. The van der Waals surface area contributed by atoms with Gasteiger partial charge in [0, 0.05) is 44.0 Å². The summed E-state index contributed by atoms with van der Waals surface area (Å²) in [5, 5.41) is 102. The first-order valence-electron chi connectivity index (χ1n) is 16.0. The smallest absolute Gasteiger partial charge is 0.204 e. The summed E-state index contributed by atoms with van der Waals surface area (Å²) in [4.78, 5) is 0. The van der Waals surface area contributed by atoms with Crippen LogP contribution < -0.4 is 0 Å². The molecule has 51 heavy (non-hydrogen) atoms. The molecule has 8 aromatic rings. The molecule has 0 heterocycles. The molecule has 8 aromatic carbocycles. The Hall–Kier alpha value is -7.00. The molecule has 9 N–H and O–H groups in total. The third-order valence-corrected chi connectivity index (χ3v) is 9.96. The molecule has 9 heteroatoms. The zero-order chi connectivity index (χ0) is 36.0. The van der Waals surface area contributed by atoms with Gasteiger partial charge in [-0.2, -0.15) is 0 Å². The second-order valence-electron chi connectivity index (χ2n) is 12.7. The molecule has 0 aliphatic heterocycles. The van der Waals surface area contributed by atoms with Crippen LogP contribution in [0.1, 0.15) is 11.1 Å². The van der Waals surface area contributed by atoms with Gasteiger partial charge < -0.3 is 46.0 Å². The normalized spacial score (nSPS) is 11.6. The van der Waals surface area contributed by atoms with E-state index in [1.54, 1.807) is 31.2 Å². The Morgan fingerprint density at radius 3 is 1.57 bits per heavy atom. The lowest BCUT2D eigenvalue weighted by atomic mass is 9.83. The van der Waals surface area contributed by atoms with Gasteiger partial charge in [0.2, 0.25) is 17.2 Å². The second kappa shape index (κ2) is 11.0. The van der Waals surface area contributed by atoms with Crippen molar-refractivity contribution in [2.45, 2.75) is 13.8 Å². The molecule has 0 aromatic heterocycles. The number of aryl methyl sites for hydroxylation is 1. The molecular formula is C42H30O9. The molecule has 0 amide bonds. The van der Waals surface area contributed by atoms with Crippen molar-refractivity contribution in [3.05, 3.63) is 102 Å². The number of phenolic OH excluding ortho intramolecular Hbond substituents is 9. The minimum Gasteiger partial charge on any atom is -0.507 e. The summed E-state index contributed by atoms with van der Waals surface area (Å²) in [7, 11) is 0. The molecule has 0 aliphatic carbocycles. The van der Waals surface area contributed by atoms with Gasteiger partial charge >= 0.3 is 0 Å². The predicted octanol–water partition coefficient (Wildman–Crippen LogP) is 9.27. The van der Waals surface area contributed by atoms with E-state index in [1.165, 1.54) is 6.92 Å². The van der Waals surface area contributed by atoms with Crippen LogP contribution in [0.15, 0.2) is 91.0 Å². The van der Waals surface area contributed by atoms with Crippen molar-refractivity contribution >= 4 is 43.1 Å². The Balaban J connectivity index is 1.49. The van der Waals surface area contributed by atoms with Gasteiger partial charge in [-0.05, 0) is 58.1 Å². The van der Waals surface area contributed by atoms with Crippen LogP contribution in [-0.4, -0.2) is 46.0 Å². The third-order valence-electron chi connectivity index (χ3n) is 9.96. The third kappa shape index (κ3) is 4.21. The number of fused-ring (bicyclic) bond motifs is 4. The van der Waals surface area contributed by atoms with Gasteiger partial charge in [0.15, 0.2) is 23.0 Å². The predicted molar refractivity (Wildman–Crippen MR) is 197 cm³/mol. The fourth-order valence-electron chi connectivity index (χ4n) is 7.51. The highest BCUT2D eigenvalue weighted by molar-refractivity contribution is 6.27. The van der Waals surface area contributed by atoms with Crippen LogP contribution in [0.25, 0.3) is 76.5 Å². The van der Waals surface area contributed by atoms with Crippen LogP contribution in [0.3, 0.4) is 0 Å². The van der Waals surface area contributed by atoms with Gasteiger partial charge in [-0.3, -0.25) is 0 Å². The van der Waals surface area contributed by atoms with Crippen molar-refractivity contribution in [2.24, 2.45) is 0 Å². The highest BCUT2D eigenvalue weighted by atomic mass is 16.3. The Bertz CT molecular complexity index is 2800. The highest BCUT2D eigenvalue weighted by Crippen LogP contribution is 2.58. The number of rotatable bonds is 3. The Labute approximate surface area is 289 Å². The summed E-state index contributed by atoms with van der Waals surface area (Å²) >= 11 is 0. The molecule has 0 fully saturated rings. The Morgan fingerprint density at radius 2 is 0.902 bits per heavy atom. The molecule has 0 saturated carbocycles. The summed E-state index contributed by atoms with van der Waals surface area (Å²) in [5.41, 5.74) is 3.15. The maximum Gasteiger partial charge on any atom is 0.204 e. The van der Waals surface area contributed by atoms with Crippen LogP contribution >= 0.6 is 0 Å². The van der Waals surface area contributed by atoms with Gasteiger partial charge in [0.05, 0.1) is 5.39 Å². The lowest BCUT2D eigenvalue weighted by molar-refractivity contribution is 0.351. The van der Waals surface area contributed by atoms with E-state index in [0.717, 1.165) is 0 Å². The zero-order valence-corrected chi connectivity index (χ0v) is 27.2. The van der Waals surface area contributed by atoms with E-state index in [0.29, 0.717) is 49.4 Å². The van der Waals surface area contributed by atoms with E-state index in [1.807, 2.05) is 66.7 Å². The number of hydrogen-bond donors (Lipinski definition) is 9. The minimum absolute atomic E-state index is 0.0711. The summed E-state index contributed by atoms with van der Waals surface area (Å²) < 4.78 is 0. The molecule has 0 bridgehead atoms. The molecule has 0 unspecified atom stereocenters. The average Bonchev–Trinajstić information content (AvgIpc) is 3.15. The SMILES string of the molecule is Cc1c(O)c(C)c2c(-c3ccc4c(-c5c6ccccc6c(-c6ccccc6)c6c(O)c(O)c(O)c(O)c56)cccc4c3)c(O)c(O)c(O)c2c1O. The van der Waals surface area contributed by atoms with Gasteiger partial charge in [-0.15, -0.1) is 0 Å². The van der Waals surface area contributed by atoms with Crippen molar-refractivity contribution < 1.29 is 46.0 Å². The first-order chi connectivity index (χ1) is 24.4. The summed E-state index contributed by atoms with van der Waals surface area (Å²) in [6, 6.07) is 27.3. The first-order valence-corrected chi connectivity index (χ1v) is 16.0. The average molecular weight is 679 g/mol. The van der Waals surface area contributed by atoms with E-state index in [4.69, 9.17) is 0 Å². The van der Waals surface area contributed by atoms with E-state index in [2.05, 4.69) is 0 Å². The molecule has 252 valence electrons. The lowest BCUT2D eigenvalue weighted by Crippen LogP contribution is -1.94. The van der Waals surface area contributed by atoms with E-state index in [-0.39, 0.29) is 44.0 Å². The molecule has 0 atom stereocenters. The van der Waals surface area contributed by atoms with Gasteiger partial charge in [0.25, 0.3) is 0 Å². The monoisotopic (exact) mass is 678 g/mol. The quantitative estimate of drug-likeness (QED) is 0.0499. The summed E-state index contributed by atoms with van der Waals surface area (Å²) in [6.45, 7) is 3.04. The fourth-order valence-corrected chi connectivity index (χ4v) is 7.51. The van der Waals surface area contributed by atoms with Crippen LogP contribution in [0, 0.1) is 13.8 Å². The first kappa shape index (κ1) is 31.3. The van der Waals surface area contributed by atoms with E-state index in [9.17, 15) is 46.0 Å². The van der Waals surface area contributed by atoms with Crippen LogP contribution in [0.2, 0.25) is 0 Å². The standard InChI is InChI=1S/C42H30O9/c1-18-27-29(36(45)40(49)39(48)33(27)35(44)19(2)34(18)43)22-15-16-23-21(17-22)11-8-14-24(23)30-26-13-7-6-12-25(26)28(20-9-4-3-5-10-20)31-32(30)38(47)42(51)41(50)37(31)46/h3-17,43-51H,1-2H3. The number of hydrogen-bond acceptors (Lipinski definition) is 9. The molecular weight excluding hydrogens is 648 g/mol. The molecule has 0 radical (unpaired) electrons. The van der Waals surface area contributed by atoms with Crippen molar-refractivity contribution in [3.8, 4) is 85.1 Å². The fraction of sp³-hybridized carbons (Fsp3) is 0.0476. The van der Waals surface area contributed by atoms with Crippen molar-refractivity contribution in [3.63, 3.8) is 0 Å². The van der Waals surface area contributed by atoms with Crippen LogP contribution in [-0.2, 0) is 0 Å². The topological polar surface area (TPSA) is 182 Å². The summed E-state index contributed by atoms with van der Waals surface area (Å²) in [6.07, 6.45) is 0. The number of phenols is 9. The molecule has 8 rings (SSSR count). The molecule has 0 aliphatic rings. The number of benzene rings is 8. The summed E-state index contributed by atoms with van der Waals surface area (Å²) in [5.74, 6) is -5.82. The minimum atomic E-state index is -0.871. The Morgan fingerprint density at radius 1 is 0.333 bits per heavy atom. The van der Waals surface area contributed by atoms with Crippen LogP contribution in [0.4, 0.5) is 0 Å². The molecule has 9 nitrogen and oxygen atoms in total. The van der Waals surface area contributed by atoms with Crippen molar-refractivity contribution in [2.75, 3.05) is 0 Å². The van der Waals surface area contributed by atoms with E-state index < -0.39 is 46.0 Å². The molecule has 0 saturated heterocycles. The Kier molecular flexibility index (Phi) is 6.75. The zero-order valence-electron chi connectivity index (χ0n) is 27.2. The van der Waals surface area contributed by atoms with Gasteiger partial charge in [-0.25, -0.2) is 0 Å². The number of aromatic hydroxyl groups is 9. The van der Waals surface area contributed by atoms with E-state index >= 15 is 0 Å². The van der Waals surface area contributed by atoms with Crippen molar-refractivity contribution in [1.29, 1.82) is 0 Å². The van der Waals surface area contributed by atoms with Crippen molar-refractivity contribution in [1.82, 2.24) is 0 Å². The second-order valence-corrected chi connectivity index (χ2v) is 12.7. The van der Waals surface area contributed by atoms with Gasteiger partial charge in [0.1, 0.15) is 11.5 Å². The molecule has 0 spiro atoms. The highest BCUT2D eigenvalue weighted by Gasteiger charge is 2.29. The van der Waals surface area contributed by atoms with Crippen LogP contribution in [0.5, 0.6) is 51.7 Å². The largest absolute Gasteiger partial charge is 0.507 e. The lowest BCUT2D eigenvalue weighted by Gasteiger charge is -2.21. The van der Waals surface area contributed by atoms with Gasteiger partial charge in [-0.1, -0.05) is 84.9 Å².